The number of H-pyrrole nitrogens is 1. The second-order valence-corrected chi connectivity index (χ2v) is 4.93. The second-order valence-electron chi connectivity index (χ2n) is 4.93. The maximum Gasteiger partial charge on any atom is 0.227 e. The molecule has 0 saturated heterocycles. The summed E-state index contributed by atoms with van der Waals surface area (Å²) in [6.45, 7) is 2.54. The molecule has 2 N–H and O–H groups in total. The van der Waals surface area contributed by atoms with Crippen molar-refractivity contribution in [2.45, 2.75) is 26.3 Å². The topological polar surface area (TPSA) is 75.1 Å². The van der Waals surface area contributed by atoms with Crippen LogP contribution in [0.4, 0.5) is 0 Å². The maximum atomic E-state index is 11.9. The molecular formula is C15H17N5O. The van der Waals surface area contributed by atoms with Crippen LogP contribution in [0.15, 0.2) is 37.1 Å². The number of nitrogens with zero attached hydrogens (tertiary/aromatic N) is 3. The zero-order valence-corrected chi connectivity index (χ0v) is 11.8. The van der Waals surface area contributed by atoms with Gasteiger partial charge < -0.3 is 14.7 Å². The Labute approximate surface area is 122 Å². The van der Waals surface area contributed by atoms with Gasteiger partial charge in [-0.2, -0.15) is 0 Å². The molecule has 0 aliphatic rings. The number of carbonyl (C=O) groups is 1. The average Bonchev–Trinajstić information content (AvgIpc) is 3.13. The van der Waals surface area contributed by atoms with Crippen molar-refractivity contribution in [2.24, 2.45) is 0 Å². The molecule has 1 amide bonds. The summed E-state index contributed by atoms with van der Waals surface area (Å²) in [6, 6.07) is 3.97. The van der Waals surface area contributed by atoms with Crippen molar-refractivity contribution in [3.63, 3.8) is 0 Å². The van der Waals surface area contributed by atoms with Gasteiger partial charge in [-0.05, 0) is 18.1 Å². The molecule has 0 atom stereocenters. The molecule has 3 rings (SSSR count). The van der Waals surface area contributed by atoms with E-state index in [0.717, 1.165) is 23.2 Å². The Hall–Kier alpha value is -2.63. The molecule has 0 fully saturated rings. The van der Waals surface area contributed by atoms with E-state index in [1.165, 1.54) is 0 Å². The minimum absolute atomic E-state index is 0.0438. The summed E-state index contributed by atoms with van der Waals surface area (Å²) < 4.78 is 1.93. The molecule has 0 radical (unpaired) electrons. The Kier molecular flexibility index (Phi) is 3.68. The molecule has 0 aromatic carbocycles. The van der Waals surface area contributed by atoms with Crippen molar-refractivity contribution in [1.82, 2.24) is 24.7 Å². The molecule has 108 valence electrons. The molecule has 6 nitrogen and oxygen atoms in total. The number of hydrogen-bond donors (Lipinski definition) is 2. The van der Waals surface area contributed by atoms with Gasteiger partial charge in [0.05, 0.1) is 24.5 Å². The van der Waals surface area contributed by atoms with Crippen LogP contribution >= 0.6 is 0 Å². The fraction of sp³-hybridized carbons (Fsp3) is 0.267. The number of rotatable bonds is 5. The number of aryl methyl sites for hydroxylation is 1. The van der Waals surface area contributed by atoms with Crippen LogP contribution in [-0.4, -0.2) is 25.3 Å². The largest absolute Gasteiger partial charge is 0.352 e. The predicted molar refractivity (Wildman–Crippen MR) is 78.7 cm³/mol. The van der Waals surface area contributed by atoms with Crippen LogP contribution in [0.1, 0.15) is 24.0 Å². The Morgan fingerprint density at radius 1 is 1.38 bits per heavy atom. The van der Waals surface area contributed by atoms with Crippen LogP contribution in [0.5, 0.6) is 0 Å². The van der Waals surface area contributed by atoms with Crippen LogP contribution in [0.2, 0.25) is 0 Å². The molecular weight excluding hydrogens is 266 g/mol. The number of nitrogens with one attached hydrogen (secondary N) is 2. The molecule has 0 spiro atoms. The molecule has 6 heteroatoms. The summed E-state index contributed by atoms with van der Waals surface area (Å²) in [6.07, 6.45) is 8.44. The van der Waals surface area contributed by atoms with Crippen molar-refractivity contribution < 1.29 is 4.79 Å². The van der Waals surface area contributed by atoms with E-state index in [-0.39, 0.29) is 12.3 Å². The third-order valence-electron chi connectivity index (χ3n) is 3.35. The van der Waals surface area contributed by atoms with Gasteiger partial charge >= 0.3 is 0 Å². The Bertz CT molecular complexity index is 758. The predicted octanol–water partition coefficient (Wildman–Crippen LogP) is 1.48. The number of imidazole rings is 2. The highest BCUT2D eigenvalue weighted by Gasteiger charge is 2.07. The van der Waals surface area contributed by atoms with Crippen LogP contribution in [0.3, 0.4) is 0 Å². The van der Waals surface area contributed by atoms with E-state index in [1.807, 2.05) is 29.7 Å². The van der Waals surface area contributed by atoms with Gasteiger partial charge in [-0.15, -0.1) is 0 Å². The Morgan fingerprint density at radius 2 is 2.29 bits per heavy atom. The number of aromatic amines is 1. The van der Waals surface area contributed by atoms with Crippen LogP contribution in [0, 0.1) is 0 Å². The van der Waals surface area contributed by atoms with Crippen molar-refractivity contribution in [2.75, 3.05) is 0 Å². The van der Waals surface area contributed by atoms with Gasteiger partial charge in [-0.25, -0.2) is 9.97 Å². The lowest BCUT2D eigenvalue weighted by molar-refractivity contribution is -0.120. The standard InChI is InChI=1S/C15H17N5O/c1-2-12-7-17-14(19-12)5-15(21)18-6-11-3-4-13-8-16-10-20(13)9-11/h3-4,7-10H,2,5-6H2,1H3,(H,17,19)(H,18,21). The highest BCUT2D eigenvalue weighted by molar-refractivity contribution is 5.77. The average molecular weight is 283 g/mol. The number of fused-ring (bicyclic) bond motifs is 1. The van der Waals surface area contributed by atoms with Crippen molar-refractivity contribution in [3.8, 4) is 0 Å². The lowest BCUT2D eigenvalue weighted by Crippen LogP contribution is -2.25. The second kappa shape index (κ2) is 5.78. The fourth-order valence-corrected chi connectivity index (χ4v) is 2.16. The zero-order valence-electron chi connectivity index (χ0n) is 11.8. The van der Waals surface area contributed by atoms with Gasteiger partial charge in [0.2, 0.25) is 5.91 Å². The number of amides is 1. The highest BCUT2D eigenvalue weighted by Crippen LogP contribution is 2.05. The number of aromatic nitrogens is 4. The zero-order chi connectivity index (χ0) is 14.7. The van der Waals surface area contributed by atoms with E-state index in [0.29, 0.717) is 12.4 Å². The van der Waals surface area contributed by atoms with Crippen LogP contribution in [-0.2, 0) is 24.2 Å². The van der Waals surface area contributed by atoms with Gasteiger partial charge in [0.15, 0.2) is 0 Å². The smallest absolute Gasteiger partial charge is 0.227 e. The summed E-state index contributed by atoms with van der Waals surface area (Å²) in [5, 5.41) is 2.90. The highest BCUT2D eigenvalue weighted by atomic mass is 16.1. The SMILES string of the molecule is CCc1cnc(CC(=O)NCc2ccc3cncn3c2)[nH]1. The van der Waals surface area contributed by atoms with Crippen molar-refractivity contribution in [1.29, 1.82) is 0 Å². The first-order chi connectivity index (χ1) is 10.2. The molecule has 3 heterocycles. The third kappa shape index (κ3) is 3.10. The lowest BCUT2D eigenvalue weighted by atomic mass is 10.2. The quantitative estimate of drug-likeness (QED) is 0.744. The fourth-order valence-electron chi connectivity index (χ4n) is 2.16. The molecule has 3 aromatic rings. The molecule has 3 aromatic heterocycles. The molecule has 21 heavy (non-hydrogen) atoms. The maximum absolute atomic E-state index is 11.9. The first-order valence-corrected chi connectivity index (χ1v) is 6.94. The van der Waals surface area contributed by atoms with E-state index in [2.05, 4.69) is 20.3 Å². The van der Waals surface area contributed by atoms with Gasteiger partial charge in [0, 0.05) is 24.6 Å². The molecule has 0 saturated carbocycles. The first-order valence-electron chi connectivity index (χ1n) is 6.94. The first kappa shape index (κ1) is 13.4. The molecule has 0 unspecified atom stereocenters. The van der Waals surface area contributed by atoms with Crippen molar-refractivity contribution in [3.05, 3.63) is 54.1 Å². The third-order valence-corrected chi connectivity index (χ3v) is 3.35. The molecule has 0 bridgehead atoms. The van der Waals surface area contributed by atoms with Gasteiger partial charge in [-0.3, -0.25) is 4.79 Å². The minimum Gasteiger partial charge on any atom is -0.352 e. The number of pyridine rings is 1. The van der Waals surface area contributed by atoms with Crippen molar-refractivity contribution >= 4 is 11.4 Å². The van der Waals surface area contributed by atoms with Crippen LogP contribution in [0.25, 0.3) is 5.52 Å². The summed E-state index contributed by atoms with van der Waals surface area (Å²) in [5.74, 6) is 0.659. The molecule has 0 aliphatic carbocycles. The summed E-state index contributed by atoms with van der Waals surface area (Å²) in [5.41, 5.74) is 3.11. The van der Waals surface area contributed by atoms with Gasteiger partial charge in [0.1, 0.15) is 5.82 Å². The summed E-state index contributed by atoms with van der Waals surface area (Å²) in [4.78, 5) is 23.3. The van der Waals surface area contributed by atoms with Crippen LogP contribution < -0.4 is 5.32 Å². The lowest BCUT2D eigenvalue weighted by Gasteiger charge is -2.05. The monoisotopic (exact) mass is 283 g/mol. The number of carbonyl (C=O) groups excluding carboxylic acids is 1. The van der Waals surface area contributed by atoms with E-state index in [1.54, 1.807) is 18.7 Å². The minimum atomic E-state index is -0.0438. The van der Waals surface area contributed by atoms with Gasteiger partial charge in [0.25, 0.3) is 0 Å². The van der Waals surface area contributed by atoms with E-state index >= 15 is 0 Å². The van der Waals surface area contributed by atoms with Gasteiger partial charge in [-0.1, -0.05) is 13.0 Å². The Balaban J connectivity index is 1.57. The summed E-state index contributed by atoms with van der Waals surface area (Å²) in [7, 11) is 0. The molecule has 0 aliphatic heterocycles. The normalized spacial score (nSPS) is 10.9. The number of hydrogen-bond acceptors (Lipinski definition) is 3. The van der Waals surface area contributed by atoms with E-state index in [9.17, 15) is 4.79 Å². The van der Waals surface area contributed by atoms with E-state index in [4.69, 9.17) is 0 Å². The van der Waals surface area contributed by atoms with E-state index < -0.39 is 0 Å². The Morgan fingerprint density at radius 3 is 3.10 bits per heavy atom. The summed E-state index contributed by atoms with van der Waals surface area (Å²) >= 11 is 0.